The van der Waals surface area contributed by atoms with Gasteiger partial charge in [0.1, 0.15) is 0 Å². The standard InChI is InChI=1S/C14H18N2O2S2/c1-3-11-4-5-13(15)8-14(11)20(17,18)16-10(2)12-6-7-19-9-12/h4-10,16H,3,15H2,1-2H3. The van der Waals surface area contributed by atoms with Crippen molar-refractivity contribution in [3.8, 4) is 0 Å². The van der Waals surface area contributed by atoms with E-state index >= 15 is 0 Å². The fourth-order valence-corrected chi connectivity index (χ4v) is 4.33. The minimum atomic E-state index is -3.58. The molecule has 0 aliphatic heterocycles. The Morgan fingerprint density at radius 2 is 2.10 bits per heavy atom. The van der Waals surface area contributed by atoms with Crippen molar-refractivity contribution in [1.82, 2.24) is 4.72 Å². The summed E-state index contributed by atoms with van der Waals surface area (Å²) in [6, 6.07) is 6.65. The first-order chi connectivity index (χ1) is 9.44. The monoisotopic (exact) mass is 310 g/mol. The summed E-state index contributed by atoms with van der Waals surface area (Å²) in [5.74, 6) is 0. The lowest BCUT2D eigenvalue weighted by atomic mass is 10.1. The van der Waals surface area contributed by atoms with Gasteiger partial charge < -0.3 is 5.73 Å². The van der Waals surface area contributed by atoms with Gasteiger partial charge in [-0.05, 0) is 53.4 Å². The Labute approximate surface area is 123 Å². The molecule has 0 radical (unpaired) electrons. The van der Waals surface area contributed by atoms with Crippen LogP contribution in [0.2, 0.25) is 0 Å². The van der Waals surface area contributed by atoms with Gasteiger partial charge in [-0.25, -0.2) is 13.1 Å². The maximum Gasteiger partial charge on any atom is 0.241 e. The lowest BCUT2D eigenvalue weighted by Gasteiger charge is -2.15. The Hall–Kier alpha value is -1.37. The van der Waals surface area contributed by atoms with Crippen LogP contribution in [0.15, 0.2) is 39.9 Å². The summed E-state index contributed by atoms with van der Waals surface area (Å²) in [6.45, 7) is 3.75. The Morgan fingerprint density at radius 1 is 1.35 bits per heavy atom. The van der Waals surface area contributed by atoms with Gasteiger partial charge in [0, 0.05) is 11.7 Å². The van der Waals surface area contributed by atoms with Crippen molar-refractivity contribution in [2.45, 2.75) is 31.2 Å². The fraction of sp³-hybridized carbons (Fsp3) is 0.286. The van der Waals surface area contributed by atoms with Crippen molar-refractivity contribution >= 4 is 27.0 Å². The number of hydrogen-bond acceptors (Lipinski definition) is 4. The van der Waals surface area contributed by atoms with Crippen LogP contribution < -0.4 is 10.5 Å². The third-order valence-corrected chi connectivity index (χ3v) is 5.46. The van der Waals surface area contributed by atoms with Crippen LogP contribution in [0.25, 0.3) is 0 Å². The molecule has 2 rings (SSSR count). The van der Waals surface area contributed by atoms with E-state index in [1.54, 1.807) is 23.5 Å². The number of hydrogen-bond donors (Lipinski definition) is 2. The van der Waals surface area contributed by atoms with Gasteiger partial charge in [0.15, 0.2) is 0 Å². The van der Waals surface area contributed by atoms with Crippen molar-refractivity contribution in [1.29, 1.82) is 0 Å². The normalized spacial score (nSPS) is 13.3. The first-order valence-corrected chi connectivity index (χ1v) is 8.79. The number of nitrogen functional groups attached to an aromatic ring is 1. The highest BCUT2D eigenvalue weighted by atomic mass is 32.2. The van der Waals surface area contributed by atoms with Crippen molar-refractivity contribution < 1.29 is 8.42 Å². The van der Waals surface area contributed by atoms with E-state index in [1.165, 1.54) is 6.07 Å². The van der Waals surface area contributed by atoms with Gasteiger partial charge in [0.25, 0.3) is 0 Å². The van der Waals surface area contributed by atoms with E-state index in [1.807, 2.05) is 30.7 Å². The highest BCUT2D eigenvalue weighted by Crippen LogP contribution is 2.23. The predicted molar refractivity (Wildman–Crippen MR) is 83.3 cm³/mol. The molecular weight excluding hydrogens is 292 g/mol. The third kappa shape index (κ3) is 3.20. The Bertz CT molecular complexity index is 679. The molecule has 1 aromatic heterocycles. The number of nitrogens with two attached hydrogens (primary N) is 1. The summed E-state index contributed by atoms with van der Waals surface area (Å²) >= 11 is 1.55. The van der Waals surface area contributed by atoms with Gasteiger partial charge >= 0.3 is 0 Å². The molecule has 6 heteroatoms. The predicted octanol–water partition coefficient (Wildman–Crippen LogP) is 2.93. The van der Waals surface area contributed by atoms with E-state index in [0.29, 0.717) is 12.1 Å². The molecule has 1 aromatic carbocycles. The molecule has 0 saturated heterocycles. The van der Waals surface area contributed by atoms with Crippen LogP contribution in [0.5, 0.6) is 0 Å². The molecule has 1 unspecified atom stereocenters. The highest BCUT2D eigenvalue weighted by Gasteiger charge is 2.21. The van der Waals surface area contributed by atoms with Crippen LogP contribution in [0.3, 0.4) is 0 Å². The number of aryl methyl sites for hydroxylation is 1. The van der Waals surface area contributed by atoms with Crippen LogP contribution >= 0.6 is 11.3 Å². The largest absolute Gasteiger partial charge is 0.399 e. The van der Waals surface area contributed by atoms with Crippen molar-refractivity contribution in [3.63, 3.8) is 0 Å². The summed E-state index contributed by atoms with van der Waals surface area (Å²) < 4.78 is 27.7. The number of sulfonamides is 1. The highest BCUT2D eigenvalue weighted by molar-refractivity contribution is 7.89. The second-order valence-corrected chi connectivity index (χ2v) is 7.08. The van der Waals surface area contributed by atoms with Crippen LogP contribution in [-0.4, -0.2) is 8.42 Å². The average Bonchev–Trinajstić information content (AvgIpc) is 2.92. The fourth-order valence-electron chi connectivity index (χ4n) is 2.00. The molecule has 2 aromatic rings. The maximum absolute atomic E-state index is 12.5. The van der Waals surface area contributed by atoms with E-state index in [9.17, 15) is 8.42 Å². The molecule has 108 valence electrons. The van der Waals surface area contributed by atoms with Gasteiger partial charge in [-0.3, -0.25) is 0 Å². The first kappa shape index (κ1) is 15.0. The van der Waals surface area contributed by atoms with Gasteiger partial charge in [-0.1, -0.05) is 13.0 Å². The Kier molecular flexibility index (Phi) is 4.47. The molecule has 0 amide bonds. The summed E-state index contributed by atoms with van der Waals surface area (Å²) in [4.78, 5) is 0.266. The molecule has 0 aliphatic carbocycles. The second-order valence-electron chi connectivity index (χ2n) is 4.62. The van der Waals surface area contributed by atoms with E-state index in [-0.39, 0.29) is 10.9 Å². The average molecular weight is 310 g/mol. The van der Waals surface area contributed by atoms with Crippen LogP contribution in [0.1, 0.15) is 31.0 Å². The SMILES string of the molecule is CCc1ccc(N)cc1S(=O)(=O)NC(C)c1ccsc1. The molecule has 1 heterocycles. The van der Waals surface area contributed by atoms with Crippen LogP contribution in [-0.2, 0) is 16.4 Å². The van der Waals surface area contributed by atoms with Gasteiger partial charge in [-0.2, -0.15) is 11.3 Å². The lowest BCUT2D eigenvalue weighted by molar-refractivity contribution is 0.566. The van der Waals surface area contributed by atoms with Crippen molar-refractivity contribution in [2.24, 2.45) is 0 Å². The Balaban J connectivity index is 2.33. The molecule has 3 N–H and O–H groups in total. The molecule has 20 heavy (non-hydrogen) atoms. The zero-order chi connectivity index (χ0) is 14.8. The molecule has 0 bridgehead atoms. The quantitative estimate of drug-likeness (QED) is 0.834. The number of rotatable bonds is 5. The van der Waals surface area contributed by atoms with Gasteiger partial charge in [0.05, 0.1) is 4.90 Å². The maximum atomic E-state index is 12.5. The van der Waals surface area contributed by atoms with Crippen molar-refractivity contribution in [3.05, 3.63) is 46.2 Å². The summed E-state index contributed by atoms with van der Waals surface area (Å²) in [5.41, 5.74) is 7.89. The zero-order valence-electron chi connectivity index (χ0n) is 11.5. The smallest absolute Gasteiger partial charge is 0.241 e. The molecule has 0 spiro atoms. The number of anilines is 1. The molecule has 0 aliphatic rings. The topological polar surface area (TPSA) is 72.2 Å². The Morgan fingerprint density at radius 3 is 2.70 bits per heavy atom. The summed E-state index contributed by atoms with van der Waals surface area (Å²) in [7, 11) is -3.58. The minimum Gasteiger partial charge on any atom is -0.399 e. The zero-order valence-corrected chi connectivity index (χ0v) is 13.1. The van der Waals surface area contributed by atoms with Gasteiger partial charge in [0.2, 0.25) is 10.0 Å². The van der Waals surface area contributed by atoms with Crippen LogP contribution in [0.4, 0.5) is 5.69 Å². The third-order valence-electron chi connectivity index (χ3n) is 3.14. The van der Waals surface area contributed by atoms with E-state index < -0.39 is 10.0 Å². The number of benzene rings is 1. The molecule has 4 nitrogen and oxygen atoms in total. The van der Waals surface area contributed by atoms with Crippen molar-refractivity contribution in [2.75, 3.05) is 5.73 Å². The molecular formula is C14H18N2O2S2. The van der Waals surface area contributed by atoms with E-state index in [2.05, 4.69) is 4.72 Å². The second kappa shape index (κ2) is 5.95. The van der Waals surface area contributed by atoms with E-state index in [0.717, 1.165) is 11.1 Å². The number of nitrogens with one attached hydrogen (secondary N) is 1. The molecule has 0 fully saturated rings. The van der Waals surface area contributed by atoms with Gasteiger partial charge in [-0.15, -0.1) is 0 Å². The van der Waals surface area contributed by atoms with E-state index in [4.69, 9.17) is 5.73 Å². The lowest BCUT2D eigenvalue weighted by Crippen LogP contribution is -2.27. The van der Waals surface area contributed by atoms with Crippen LogP contribution in [0, 0.1) is 0 Å². The molecule has 1 atom stereocenters. The summed E-state index contributed by atoms with van der Waals surface area (Å²) in [5, 5.41) is 3.87. The summed E-state index contributed by atoms with van der Waals surface area (Å²) in [6.07, 6.45) is 0.642. The first-order valence-electron chi connectivity index (χ1n) is 6.37. The molecule has 0 saturated carbocycles. The minimum absolute atomic E-state index is 0.266. The number of thiophene rings is 1.